The number of pyridine rings is 1. The fourth-order valence-corrected chi connectivity index (χ4v) is 4.41. The Labute approximate surface area is 180 Å². The molecule has 31 heavy (non-hydrogen) atoms. The number of anilines is 2. The number of nitrogens with zero attached hydrogens (tertiary/aromatic N) is 4. The average Bonchev–Trinajstić information content (AvgIpc) is 2.71. The van der Waals surface area contributed by atoms with Crippen molar-refractivity contribution in [1.29, 1.82) is 0 Å². The maximum absolute atomic E-state index is 12.9. The summed E-state index contributed by atoms with van der Waals surface area (Å²) in [6.07, 6.45) is 2.42. The van der Waals surface area contributed by atoms with Gasteiger partial charge in [-0.25, -0.2) is 9.97 Å². The molecule has 1 aromatic carbocycles. The van der Waals surface area contributed by atoms with Crippen LogP contribution in [0.5, 0.6) is 0 Å². The molecule has 0 radical (unpaired) electrons. The Hall–Kier alpha value is -3.14. The zero-order chi connectivity index (χ0) is 22.0. The number of benzene rings is 1. The Morgan fingerprint density at radius 2 is 1.84 bits per heavy atom. The lowest BCUT2D eigenvalue weighted by atomic mass is 10.1. The minimum absolute atomic E-state index is 0.00526. The van der Waals surface area contributed by atoms with E-state index in [9.17, 15) is 18.0 Å². The van der Waals surface area contributed by atoms with Crippen molar-refractivity contribution in [3.05, 3.63) is 72.1 Å². The van der Waals surface area contributed by atoms with E-state index in [1.165, 1.54) is 12.5 Å². The molecule has 1 amide bonds. The van der Waals surface area contributed by atoms with Crippen molar-refractivity contribution in [1.82, 2.24) is 15.0 Å². The van der Waals surface area contributed by atoms with Gasteiger partial charge in [-0.15, -0.1) is 11.8 Å². The quantitative estimate of drug-likeness (QED) is 0.627. The number of nitrogens with one attached hydrogen (secondary N) is 1. The zero-order valence-corrected chi connectivity index (χ0v) is 17.2. The highest BCUT2D eigenvalue weighted by Crippen LogP contribution is 2.34. The van der Waals surface area contributed by atoms with Crippen LogP contribution < -0.4 is 10.2 Å². The summed E-state index contributed by atoms with van der Waals surface area (Å²) in [5, 5.41) is 2.85. The van der Waals surface area contributed by atoms with Crippen molar-refractivity contribution in [2.75, 3.05) is 23.3 Å². The highest BCUT2D eigenvalue weighted by Gasteiger charge is 2.31. The summed E-state index contributed by atoms with van der Waals surface area (Å²) in [7, 11) is 0. The average molecular weight is 445 g/mol. The van der Waals surface area contributed by atoms with Gasteiger partial charge in [0, 0.05) is 35.0 Å². The highest BCUT2D eigenvalue weighted by molar-refractivity contribution is 8.00. The fourth-order valence-electron chi connectivity index (χ4n) is 3.09. The number of aromatic nitrogens is 3. The van der Waals surface area contributed by atoms with E-state index in [1.54, 1.807) is 36.3 Å². The first-order chi connectivity index (χ1) is 14.8. The smallest absolute Gasteiger partial charge is 0.367 e. The third kappa shape index (κ3) is 4.96. The van der Waals surface area contributed by atoms with Crippen LogP contribution in [0.4, 0.5) is 24.5 Å². The topological polar surface area (TPSA) is 71.0 Å². The van der Waals surface area contributed by atoms with E-state index < -0.39 is 17.6 Å². The number of hydrogen-bond donors (Lipinski definition) is 1. The fraction of sp³-hybridized carbons (Fsp3) is 0.238. The maximum Gasteiger partial charge on any atom is 0.417 e. The molecule has 1 aliphatic rings. The molecule has 0 unspecified atom stereocenters. The maximum atomic E-state index is 12.9. The second kappa shape index (κ2) is 8.54. The number of rotatable bonds is 5. The van der Waals surface area contributed by atoms with Crippen LogP contribution in [0.2, 0.25) is 0 Å². The Kier molecular flexibility index (Phi) is 5.81. The summed E-state index contributed by atoms with van der Waals surface area (Å²) in [6, 6.07) is 6.13. The number of carbonyl (C=O) groups is 1. The van der Waals surface area contributed by atoms with Gasteiger partial charge in [0.15, 0.2) is 0 Å². The van der Waals surface area contributed by atoms with Crippen molar-refractivity contribution in [2.24, 2.45) is 0 Å². The molecule has 160 valence electrons. The molecule has 6 nitrogen and oxygen atoms in total. The Balaban J connectivity index is 1.41. The monoisotopic (exact) mass is 445 g/mol. The van der Waals surface area contributed by atoms with Gasteiger partial charge in [-0.3, -0.25) is 9.78 Å². The molecule has 3 heterocycles. The molecule has 10 heteroatoms. The zero-order valence-electron chi connectivity index (χ0n) is 16.4. The largest absolute Gasteiger partial charge is 0.417 e. The van der Waals surface area contributed by atoms with E-state index in [2.05, 4.69) is 25.2 Å². The van der Waals surface area contributed by atoms with Gasteiger partial charge in [0.05, 0.1) is 35.5 Å². The van der Waals surface area contributed by atoms with E-state index in [-0.39, 0.29) is 5.69 Å². The number of thioether (sulfide) groups is 1. The standard InChI is InChI=1S/C21H18F3N5OS/c1-13-2-3-14(20(30)28-16-5-15(6-25-7-16)21(22,23)24)4-19(13)31-18-10-29(11-18)17-8-26-12-27-9-17/h2-9,12,18H,10-11H2,1H3,(H,28,30). The predicted octanol–water partition coefficient (Wildman–Crippen LogP) is 4.43. The van der Waals surface area contributed by atoms with E-state index in [0.717, 1.165) is 41.5 Å². The number of carbonyl (C=O) groups excluding carboxylic acids is 1. The summed E-state index contributed by atoms with van der Waals surface area (Å²) < 4.78 is 38.6. The Morgan fingerprint density at radius 3 is 2.55 bits per heavy atom. The summed E-state index contributed by atoms with van der Waals surface area (Å²) in [5.41, 5.74) is 1.46. The van der Waals surface area contributed by atoms with Crippen molar-refractivity contribution in [3.8, 4) is 0 Å². The minimum Gasteiger partial charge on any atom is -0.367 e. The Bertz CT molecular complexity index is 1090. The second-order valence-electron chi connectivity index (χ2n) is 7.14. The number of aryl methyl sites for hydroxylation is 1. The van der Waals surface area contributed by atoms with Crippen molar-refractivity contribution in [3.63, 3.8) is 0 Å². The molecular weight excluding hydrogens is 427 g/mol. The molecule has 2 aromatic heterocycles. The minimum atomic E-state index is -4.52. The van der Waals surface area contributed by atoms with Gasteiger partial charge in [-0.05, 0) is 30.7 Å². The number of amides is 1. The predicted molar refractivity (Wildman–Crippen MR) is 112 cm³/mol. The van der Waals surface area contributed by atoms with Crippen LogP contribution in [-0.4, -0.2) is 39.2 Å². The van der Waals surface area contributed by atoms with Crippen molar-refractivity contribution >= 4 is 29.0 Å². The molecule has 0 bridgehead atoms. The lowest BCUT2D eigenvalue weighted by Gasteiger charge is -2.40. The number of hydrogen-bond acceptors (Lipinski definition) is 6. The van der Waals surface area contributed by atoms with Crippen molar-refractivity contribution in [2.45, 2.75) is 23.2 Å². The van der Waals surface area contributed by atoms with Crippen LogP contribution in [0, 0.1) is 6.92 Å². The van der Waals surface area contributed by atoms with E-state index in [4.69, 9.17) is 0 Å². The van der Waals surface area contributed by atoms with Crippen LogP contribution in [0.25, 0.3) is 0 Å². The summed E-state index contributed by atoms with van der Waals surface area (Å²) >= 11 is 1.68. The molecule has 0 aliphatic carbocycles. The van der Waals surface area contributed by atoms with Crippen LogP contribution in [0.3, 0.4) is 0 Å². The third-order valence-electron chi connectivity index (χ3n) is 4.83. The van der Waals surface area contributed by atoms with Gasteiger partial charge in [-0.1, -0.05) is 6.07 Å². The van der Waals surface area contributed by atoms with Gasteiger partial charge in [-0.2, -0.15) is 13.2 Å². The Morgan fingerprint density at radius 1 is 1.10 bits per heavy atom. The van der Waals surface area contributed by atoms with Crippen LogP contribution in [0.1, 0.15) is 21.5 Å². The lowest BCUT2D eigenvalue weighted by Crippen LogP contribution is -2.49. The van der Waals surface area contributed by atoms with Crippen LogP contribution >= 0.6 is 11.8 Å². The molecular formula is C21H18F3N5OS. The first-order valence-corrected chi connectivity index (χ1v) is 10.3. The summed E-state index contributed by atoms with van der Waals surface area (Å²) in [5.74, 6) is -0.486. The molecule has 0 saturated carbocycles. The normalized spacial score (nSPS) is 14.3. The van der Waals surface area contributed by atoms with Crippen molar-refractivity contribution < 1.29 is 18.0 Å². The lowest BCUT2D eigenvalue weighted by molar-refractivity contribution is -0.137. The second-order valence-corrected chi connectivity index (χ2v) is 8.48. The molecule has 0 atom stereocenters. The van der Waals surface area contributed by atoms with E-state index in [0.29, 0.717) is 10.8 Å². The number of alkyl halides is 3. The first-order valence-electron chi connectivity index (χ1n) is 9.40. The molecule has 4 rings (SSSR count). The van der Waals surface area contributed by atoms with Crippen LogP contribution in [-0.2, 0) is 6.18 Å². The molecule has 0 spiro atoms. The third-order valence-corrected chi connectivity index (χ3v) is 6.15. The molecule has 1 saturated heterocycles. The van der Waals surface area contributed by atoms with E-state index in [1.807, 2.05) is 13.0 Å². The molecule has 3 aromatic rings. The molecule has 1 aliphatic heterocycles. The van der Waals surface area contributed by atoms with Gasteiger partial charge < -0.3 is 10.2 Å². The van der Waals surface area contributed by atoms with Gasteiger partial charge in [0.2, 0.25) is 0 Å². The molecule has 1 N–H and O–H groups in total. The van der Waals surface area contributed by atoms with Crippen LogP contribution in [0.15, 0.2) is 60.3 Å². The van der Waals surface area contributed by atoms with Gasteiger partial charge in [0.1, 0.15) is 6.33 Å². The van der Waals surface area contributed by atoms with Gasteiger partial charge in [0.25, 0.3) is 5.91 Å². The van der Waals surface area contributed by atoms with Gasteiger partial charge >= 0.3 is 6.18 Å². The summed E-state index contributed by atoms with van der Waals surface area (Å²) in [6.45, 7) is 3.63. The first kappa shape index (κ1) is 21.1. The number of halogens is 3. The summed E-state index contributed by atoms with van der Waals surface area (Å²) in [4.78, 5) is 27.3. The molecule has 1 fully saturated rings. The highest BCUT2D eigenvalue weighted by atomic mass is 32.2. The van der Waals surface area contributed by atoms with E-state index >= 15 is 0 Å². The SMILES string of the molecule is Cc1ccc(C(=O)Nc2cncc(C(F)(F)F)c2)cc1SC1CN(c2cncnc2)C1.